The molecule has 1 saturated heterocycles. The molecule has 112 valence electrons. The number of carbonyl (C=O) groups is 1. The average Bonchev–Trinajstić information content (AvgIpc) is 3.09. The zero-order valence-corrected chi connectivity index (χ0v) is 11.8. The van der Waals surface area contributed by atoms with Crippen LogP contribution in [-0.2, 0) is 11.3 Å². The Labute approximate surface area is 122 Å². The van der Waals surface area contributed by atoms with Crippen molar-refractivity contribution in [2.45, 2.75) is 31.6 Å². The van der Waals surface area contributed by atoms with Crippen LogP contribution in [0.1, 0.15) is 12.8 Å². The van der Waals surface area contributed by atoms with E-state index in [1.165, 1.54) is 0 Å². The topological polar surface area (TPSA) is 59.0 Å². The maximum absolute atomic E-state index is 13.0. The van der Waals surface area contributed by atoms with Crippen LogP contribution in [-0.4, -0.2) is 40.8 Å². The second kappa shape index (κ2) is 6.22. The van der Waals surface area contributed by atoms with Gasteiger partial charge in [-0.3, -0.25) is 4.79 Å². The highest BCUT2D eigenvalue weighted by atomic mass is 19.1. The number of carbonyl (C=O) groups excluding carboxylic acids is 1. The number of hydrogen-bond acceptors (Lipinski definition) is 3. The average molecular weight is 290 g/mol. The molecule has 1 aliphatic heterocycles. The Balaban J connectivity index is 1.47. The smallest absolute Gasteiger partial charge is 0.221 e. The molecule has 5 nitrogen and oxygen atoms in total. The molecule has 0 unspecified atom stereocenters. The van der Waals surface area contributed by atoms with E-state index in [0.717, 1.165) is 11.0 Å². The van der Waals surface area contributed by atoms with Crippen molar-refractivity contribution in [1.29, 1.82) is 0 Å². The molecule has 0 aliphatic carbocycles. The zero-order valence-electron chi connectivity index (χ0n) is 11.8. The van der Waals surface area contributed by atoms with Crippen LogP contribution in [0.5, 0.6) is 0 Å². The Hall–Kier alpha value is -1.95. The highest BCUT2D eigenvalue weighted by Crippen LogP contribution is 2.12. The summed E-state index contributed by atoms with van der Waals surface area (Å²) in [6, 6.07) is 7.89. The molecule has 2 N–H and O–H groups in total. The molecule has 0 spiro atoms. The van der Waals surface area contributed by atoms with Crippen LogP contribution in [0, 0.1) is 0 Å². The maximum Gasteiger partial charge on any atom is 0.221 e. The van der Waals surface area contributed by atoms with E-state index in [1.807, 2.05) is 28.8 Å². The summed E-state index contributed by atoms with van der Waals surface area (Å²) in [7, 11) is 0. The minimum atomic E-state index is -0.788. The van der Waals surface area contributed by atoms with E-state index >= 15 is 0 Å². The van der Waals surface area contributed by atoms with Gasteiger partial charge in [0.15, 0.2) is 0 Å². The molecule has 2 atom stereocenters. The van der Waals surface area contributed by atoms with Gasteiger partial charge in [0.2, 0.25) is 5.91 Å². The number of alkyl halides is 1. The van der Waals surface area contributed by atoms with Gasteiger partial charge in [0.1, 0.15) is 6.17 Å². The van der Waals surface area contributed by atoms with Crippen molar-refractivity contribution in [3.8, 4) is 0 Å². The van der Waals surface area contributed by atoms with E-state index in [-0.39, 0.29) is 11.9 Å². The number of amides is 1. The third-order valence-electron chi connectivity index (χ3n) is 3.82. The van der Waals surface area contributed by atoms with Crippen LogP contribution in [0.4, 0.5) is 4.39 Å². The number of benzene rings is 1. The molecule has 0 radical (unpaired) electrons. The van der Waals surface area contributed by atoms with Gasteiger partial charge in [0.05, 0.1) is 17.4 Å². The Morgan fingerprint density at radius 1 is 1.48 bits per heavy atom. The molecule has 0 bridgehead atoms. The fourth-order valence-corrected chi connectivity index (χ4v) is 2.66. The van der Waals surface area contributed by atoms with Crippen molar-refractivity contribution in [3.63, 3.8) is 0 Å². The Morgan fingerprint density at radius 2 is 2.33 bits per heavy atom. The molecule has 1 amide bonds. The van der Waals surface area contributed by atoms with Gasteiger partial charge in [-0.05, 0) is 18.6 Å². The monoisotopic (exact) mass is 290 g/mol. The first-order valence-electron chi connectivity index (χ1n) is 7.26. The van der Waals surface area contributed by atoms with Gasteiger partial charge < -0.3 is 15.2 Å². The van der Waals surface area contributed by atoms with Crippen LogP contribution in [0.3, 0.4) is 0 Å². The molecule has 1 aliphatic rings. The van der Waals surface area contributed by atoms with Crippen molar-refractivity contribution in [2.24, 2.45) is 0 Å². The molecule has 6 heteroatoms. The van der Waals surface area contributed by atoms with E-state index in [4.69, 9.17) is 0 Å². The van der Waals surface area contributed by atoms with Crippen LogP contribution in [0.25, 0.3) is 11.0 Å². The lowest BCUT2D eigenvalue weighted by atomic mass is 10.2. The van der Waals surface area contributed by atoms with Gasteiger partial charge in [-0.15, -0.1) is 0 Å². The quantitative estimate of drug-likeness (QED) is 0.871. The van der Waals surface area contributed by atoms with Crippen LogP contribution < -0.4 is 10.6 Å². The van der Waals surface area contributed by atoms with Crippen molar-refractivity contribution in [3.05, 3.63) is 30.6 Å². The molecule has 1 aromatic heterocycles. The lowest BCUT2D eigenvalue weighted by Crippen LogP contribution is -2.37. The number of nitrogens with one attached hydrogen (secondary N) is 2. The summed E-state index contributed by atoms with van der Waals surface area (Å²) < 4.78 is 15.0. The third-order valence-corrected chi connectivity index (χ3v) is 3.82. The fraction of sp³-hybridized carbons (Fsp3) is 0.467. The van der Waals surface area contributed by atoms with Crippen LogP contribution >= 0.6 is 0 Å². The van der Waals surface area contributed by atoms with E-state index in [0.29, 0.717) is 32.5 Å². The standard InChI is InChI=1S/C15H19FN4O/c16-11-7-12(17-8-11)9-18-15(21)5-6-20-10-19-13-3-1-2-4-14(13)20/h1-4,10-12,17H,5-9H2,(H,18,21)/t11-,12-/m0/s1. The molecule has 0 saturated carbocycles. The minimum absolute atomic E-state index is 0.0168. The first-order valence-corrected chi connectivity index (χ1v) is 7.26. The highest BCUT2D eigenvalue weighted by molar-refractivity contribution is 5.77. The number of aromatic nitrogens is 2. The summed E-state index contributed by atoms with van der Waals surface area (Å²) in [4.78, 5) is 16.1. The van der Waals surface area contributed by atoms with Crippen molar-refractivity contribution in [1.82, 2.24) is 20.2 Å². The van der Waals surface area contributed by atoms with E-state index in [2.05, 4.69) is 15.6 Å². The second-order valence-electron chi connectivity index (χ2n) is 5.42. The van der Waals surface area contributed by atoms with Crippen molar-refractivity contribution in [2.75, 3.05) is 13.1 Å². The van der Waals surface area contributed by atoms with Crippen LogP contribution in [0.15, 0.2) is 30.6 Å². The first-order chi connectivity index (χ1) is 10.2. The predicted molar refractivity (Wildman–Crippen MR) is 78.7 cm³/mol. The van der Waals surface area contributed by atoms with Gasteiger partial charge in [0.25, 0.3) is 0 Å². The molecular formula is C15H19FN4O. The number of hydrogen-bond donors (Lipinski definition) is 2. The van der Waals surface area contributed by atoms with Crippen molar-refractivity contribution >= 4 is 16.9 Å². The summed E-state index contributed by atoms with van der Waals surface area (Å²) in [5.41, 5.74) is 1.96. The van der Waals surface area contributed by atoms with Gasteiger partial charge in [0, 0.05) is 32.1 Å². The molecule has 2 heterocycles. The highest BCUT2D eigenvalue weighted by Gasteiger charge is 2.23. The lowest BCUT2D eigenvalue weighted by Gasteiger charge is -2.11. The van der Waals surface area contributed by atoms with Gasteiger partial charge in [-0.1, -0.05) is 12.1 Å². The molecule has 3 rings (SSSR count). The second-order valence-corrected chi connectivity index (χ2v) is 5.42. The molecule has 21 heavy (non-hydrogen) atoms. The van der Waals surface area contributed by atoms with Crippen molar-refractivity contribution < 1.29 is 9.18 Å². The molecule has 1 fully saturated rings. The summed E-state index contributed by atoms with van der Waals surface area (Å²) in [6.45, 7) is 1.47. The summed E-state index contributed by atoms with van der Waals surface area (Å²) in [5, 5.41) is 5.90. The SMILES string of the molecule is O=C(CCn1cnc2ccccc21)NC[C@@H]1C[C@H](F)CN1. The normalized spacial score (nSPS) is 21.8. The Kier molecular flexibility index (Phi) is 4.15. The predicted octanol–water partition coefficient (Wildman–Crippen LogP) is 1.24. The number of fused-ring (bicyclic) bond motifs is 1. The molecule has 1 aromatic carbocycles. The number of nitrogens with zero attached hydrogens (tertiary/aromatic N) is 2. The zero-order chi connectivity index (χ0) is 14.7. The largest absolute Gasteiger partial charge is 0.354 e. The first kappa shape index (κ1) is 14.0. The minimum Gasteiger partial charge on any atom is -0.354 e. The number of rotatable bonds is 5. The molecule has 2 aromatic rings. The maximum atomic E-state index is 13.0. The summed E-state index contributed by atoms with van der Waals surface area (Å²) >= 11 is 0. The summed E-state index contributed by atoms with van der Waals surface area (Å²) in [5.74, 6) is -0.0168. The van der Waals surface area contributed by atoms with Gasteiger partial charge in [-0.2, -0.15) is 0 Å². The number of aryl methyl sites for hydroxylation is 1. The number of halogens is 1. The van der Waals surface area contributed by atoms with E-state index in [9.17, 15) is 9.18 Å². The third kappa shape index (κ3) is 3.39. The lowest BCUT2D eigenvalue weighted by molar-refractivity contribution is -0.121. The Morgan fingerprint density at radius 3 is 3.14 bits per heavy atom. The molecular weight excluding hydrogens is 271 g/mol. The van der Waals surface area contributed by atoms with E-state index in [1.54, 1.807) is 6.33 Å². The number of para-hydroxylation sites is 2. The number of imidazole rings is 1. The van der Waals surface area contributed by atoms with Gasteiger partial charge >= 0.3 is 0 Å². The van der Waals surface area contributed by atoms with Gasteiger partial charge in [-0.25, -0.2) is 9.37 Å². The van der Waals surface area contributed by atoms with Crippen LogP contribution in [0.2, 0.25) is 0 Å². The Bertz CT molecular complexity index is 627. The van der Waals surface area contributed by atoms with E-state index < -0.39 is 6.17 Å². The summed E-state index contributed by atoms with van der Waals surface area (Å²) in [6.07, 6.45) is 1.84. The fourth-order valence-electron chi connectivity index (χ4n) is 2.66.